The van der Waals surface area contributed by atoms with Gasteiger partial charge in [0.2, 0.25) is 5.91 Å². The minimum absolute atomic E-state index is 0. The molecule has 1 fully saturated rings. The second-order valence-corrected chi connectivity index (χ2v) is 9.26. The molecule has 1 heterocycles. The van der Waals surface area contributed by atoms with Crippen molar-refractivity contribution in [3.05, 3.63) is 63.1 Å². The van der Waals surface area contributed by atoms with Crippen LogP contribution in [0, 0.1) is 11.6 Å². The summed E-state index contributed by atoms with van der Waals surface area (Å²) in [5, 5.41) is 2.36. The first-order chi connectivity index (χ1) is 13.1. The first-order valence-corrected chi connectivity index (χ1v) is 10.7. The van der Waals surface area contributed by atoms with Crippen LogP contribution in [0.3, 0.4) is 0 Å². The van der Waals surface area contributed by atoms with E-state index in [0.717, 1.165) is 10.4 Å². The van der Waals surface area contributed by atoms with E-state index < -0.39 is 39.8 Å². The fraction of sp³-hybridized carbons (Fsp3) is 0.278. The molecule has 0 aromatic heterocycles. The summed E-state index contributed by atoms with van der Waals surface area (Å²) in [6, 6.07) is 6.02. The lowest BCUT2D eigenvalue weighted by Gasteiger charge is -2.36. The second kappa shape index (κ2) is 9.05. The first-order valence-electron chi connectivity index (χ1n) is 8.04. The average Bonchev–Trinajstić information content (AvgIpc) is 2.62. The lowest BCUT2D eigenvalue weighted by Crippen LogP contribution is -2.55. The van der Waals surface area contributed by atoms with Gasteiger partial charge in [-0.05, 0) is 58.2 Å². The molecule has 2 aromatic carbocycles. The number of nitrogens with one attached hydrogen (secondary N) is 2. The average molecular weight is 511 g/mol. The number of halogens is 4. The highest BCUT2D eigenvalue weighted by Crippen LogP contribution is 2.30. The summed E-state index contributed by atoms with van der Waals surface area (Å²) < 4.78 is 55.6. The number of carbonyl (C=O) groups excluding carboxylic acids is 1. The van der Waals surface area contributed by atoms with Gasteiger partial charge in [0, 0.05) is 12.7 Å². The Kier molecular flexibility index (Phi) is 7.39. The highest BCUT2D eigenvalue weighted by molar-refractivity contribution is 9.10. The van der Waals surface area contributed by atoms with Crippen LogP contribution in [0.5, 0.6) is 0 Å². The molecule has 158 valence electrons. The summed E-state index contributed by atoms with van der Waals surface area (Å²) in [6.45, 7) is 0. The number of hydrogen-bond acceptors (Lipinski definition) is 3. The van der Waals surface area contributed by atoms with Crippen LogP contribution < -0.4 is 10.0 Å². The fourth-order valence-electron chi connectivity index (χ4n) is 2.86. The number of rotatable bonds is 3. The normalized spacial score (nSPS) is 21.3. The maximum Gasteiger partial charge on any atom is 0.280 e. The molecule has 1 aliphatic heterocycles. The third-order valence-electron chi connectivity index (χ3n) is 4.40. The van der Waals surface area contributed by atoms with Crippen LogP contribution in [-0.2, 0) is 15.0 Å². The molecule has 0 radical (unpaired) electrons. The number of carbonyl (C=O) groups is 1. The van der Waals surface area contributed by atoms with E-state index in [4.69, 9.17) is 11.6 Å². The van der Waals surface area contributed by atoms with Gasteiger partial charge in [0.15, 0.2) is 0 Å². The molecule has 2 atom stereocenters. The van der Waals surface area contributed by atoms with Crippen LogP contribution in [0.15, 0.2) is 40.9 Å². The Morgan fingerprint density at radius 3 is 2.55 bits per heavy atom. The van der Waals surface area contributed by atoms with E-state index in [1.807, 2.05) is 0 Å². The molecular formula is C18H19BrClF2N3O3S. The molecule has 0 bridgehead atoms. The zero-order chi connectivity index (χ0) is 20.6. The Labute approximate surface area is 181 Å². The maximum atomic E-state index is 13.9. The minimum Gasteiger partial charge on any atom is -0.325 e. The zero-order valence-corrected chi connectivity index (χ0v) is 17.6. The molecule has 11 heteroatoms. The summed E-state index contributed by atoms with van der Waals surface area (Å²) in [7, 11) is -2.71. The van der Waals surface area contributed by atoms with Crippen molar-refractivity contribution in [1.82, 2.24) is 9.03 Å². The van der Waals surface area contributed by atoms with Gasteiger partial charge in [-0.1, -0.05) is 25.1 Å². The van der Waals surface area contributed by atoms with Crippen molar-refractivity contribution < 1.29 is 22.0 Å². The van der Waals surface area contributed by atoms with Gasteiger partial charge in [0.1, 0.15) is 17.7 Å². The van der Waals surface area contributed by atoms with E-state index in [0.29, 0.717) is 5.56 Å². The van der Waals surface area contributed by atoms with E-state index >= 15 is 0 Å². The number of hydrogen-bond donors (Lipinski definition) is 2. The van der Waals surface area contributed by atoms with Crippen molar-refractivity contribution in [3.8, 4) is 0 Å². The molecule has 0 saturated carbocycles. The van der Waals surface area contributed by atoms with Crippen molar-refractivity contribution in [2.45, 2.75) is 25.9 Å². The molecule has 3 rings (SSSR count). The SMILES string of the molecule is C.CN1C(C(=O)Nc2ccc(F)c(Cl)c2)CC(c2ccc(Br)c(F)c2)NS1(=O)=O. The number of anilines is 1. The lowest BCUT2D eigenvalue weighted by atomic mass is 9.99. The molecular weight excluding hydrogens is 492 g/mol. The Hall–Kier alpha value is -1.59. The molecule has 2 aromatic rings. The smallest absolute Gasteiger partial charge is 0.280 e. The number of amides is 1. The molecule has 0 aliphatic carbocycles. The van der Waals surface area contributed by atoms with Gasteiger partial charge >= 0.3 is 0 Å². The minimum atomic E-state index is -3.98. The highest BCUT2D eigenvalue weighted by Gasteiger charge is 2.40. The largest absolute Gasteiger partial charge is 0.325 e. The molecule has 6 nitrogen and oxygen atoms in total. The van der Waals surface area contributed by atoms with Gasteiger partial charge in [-0.3, -0.25) is 4.79 Å². The third kappa shape index (κ3) is 5.13. The van der Waals surface area contributed by atoms with Crippen LogP contribution in [0.25, 0.3) is 0 Å². The van der Waals surface area contributed by atoms with E-state index in [1.165, 1.54) is 31.3 Å². The Balaban J connectivity index is 0.00000300. The van der Waals surface area contributed by atoms with Crippen molar-refractivity contribution in [1.29, 1.82) is 0 Å². The quantitative estimate of drug-likeness (QED) is 0.648. The van der Waals surface area contributed by atoms with Crippen LogP contribution in [0.2, 0.25) is 5.02 Å². The maximum absolute atomic E-state index is 13.9. The van der Waals surface area contributed by atoms with Gasteiger partial charge in [-0.15, -0.1) is 0 Å². The van der Waals surface area contributed by atoms with Crippen molar-refractivity contribution in [3.63, 3.8) is 0 Å². The summed E-state index contributed by atoms with van der Waals surface area (Å²) in [5.74, 6) is -1.80. The predicted molar refractivity (Wildman–Crippen MR) is 112 cm³/mol. The Morgan fingerprint density at radius 2 is 1.93 bits per heavy atom. The van der Waals surface area contributed by atoms with E-state index in [1.54, 1.807) is 6.07 Å². The summed E-state index contributed by atoms with van der Waals surface area (Å²) in [6.07, 6.45) is 0.0670. The summed E-state index contributed by atoms with van der Waals surface area (Å²) >= 11 is 8.75. The summed E-state index contributed by atoms with van der Waals surface area (Å²) in [4.78, 5) is 12.7. The van der Waals surface area contributed by atoms with E-state index in [9.17, 15) is 22.0 Å². The van der Waals surface area contributed by atoms with Crippen molar-refractivity contribution in [2.75, 3.05) is 12.4 Å². The number of nitrogens with zero attached hydrogens (tertiary/aromatic N) is 1. The Bertz CT molecular complexity index is 1040. The van der Waals surface area contributed by atoms with Gasteiger partial charge in [-0.25, -0.2) is 8.78 Å². The van der Waals surface area contributed by atoms with E-state index in [2.05, 4.69) is 26.0 Å². The van der Waals surface area contributed by atoms with Crippen LogP contribution in [-0.4, -0.2) is 31.7 Å². The first kappa shape index (κ1) is 23.7. The highest BCUT2D eigenvalue weighted by atomic mass is 79.9. The van der Waals surface area contributed by atoms with Gasteiger partial charge in [0.25, 0.3) is 10.2 Å². The predicted octanol–water partition coefficient (Wildman–Crippen LogP) is 4.24. The standard InChI is InChI=1S/C17H15BrClF2N3O3S.CH4/c1-24-16(17(25)22-10-3-5-13(20)12(19)7-10)8-15(23-28(24,26)27)9-2-4-11(18)14(21)6-9;/h2-7,15-16,23H,8H2,1H3,(H,22,25);1H4. The van der Waals surface area contributed by atoms with Gasteiger partial charge in [-0.2, -0.15) is 17.4 Å². The van der Waals surface area contributed by atoms with E-state index in [-0.39, 0.29) is 29.0 Å². The molecule has 29 heavy (non-hydrogen) atoms. The molecule has 1 saturated heterocycles. The molecule has 0 spiro atoms. The van der Waals surface area contributed by atoms with Crippen LogP contribution in [0.4, 0.5) is 14.5 Å². The van der Waals surface area contributed by atoms with Crippen LogP contribution in [0.1, 0.15) is 25.5 Å². The number of likely N-dealkylation sites (N-methyl/N-ethyl adjacent to an activating group) is 1. The zero-order valence-electron chi connectivity index (χ0n) is 14.4. The molecule has 2 N–H and O–H groups in total. The van der Waals surface area contributed by atoms with Gasteiger partial charge in [0.05, 0.1) is 15.5 Å². The molecule has 1 aliphatic rings. The lowest BCUT2D eigenvalue weighted by molar-refractivity contribution is -0.120. The molecule has 2 unspecified atom stereocenters. The summed E-state index contributed by atoms with van der Waals surface area (Å²) in [5.41, 5.74) is 0.618. The third-order valence-corrected chi connectivity index (χ3v) is 6.93. The second-order valence-electron chi connectivity index (χ2n) is 6.23. The van der Waals surface area contributed by atoms with Crippen molar-refractivity contribution >= 4 is 49.3 Å². The van der Waals surface area contributed by atoms with Crippen LogP contribution >= 0.6 is 27.5 Å². The monoisotopic (exact) mass is 509 g/mol. The molecule has 1 amide bonds. The Morgan fingerprint density at radius 1 is 1.24 bits per heavy atom. The van der Waals surface area contributed by atoms with Gasteiger partial charge < -0.3 is 5.32 Å². The number of benzene rings is 2. The topological polar surface area (TPSA) is 78.5 Å². The fourth-order valence-corrected chi connectivity index (χ4v) is 4.56. The van der Waals surface area contributed by atoms with Crippen molar-refractivity contribution in [2.24, 2.45) is 0 Å².